The van der Waals surface area contributed by atoms with Crippen molar-refractivity contribution < 1.29 is 14.6 Å². The predicted molar refractivity (Wildman–Crippen MR) is 106 cm³/mol. The number of rotatable bonds is 4. The van der Waals surface area contributed by atoms with Crippen molar-refractivity contribution in [2.75, 3.05) is 11.9 Å². The second kappa shape index (κ2) is 7.34. The van der Waals surface area contributed by atoms with Gasteiger partial charge < -0.3 is 15.2 Å². The Balaban J connectivity index is 2.01. The molecule has 144 valence electrons. The largest absolute Gasteiger partial charge is 0.508 e. The van der Waals surface area contributed by atoms with Crippen LogP contribution >= 0.6 is 0 Å². The Kier molecular flexibility index (Phi) is 4.73. The summed E-state index contributed by atoms with van der Waals surface area (Å²) in [5, 5.41) is 20.2. The van der Waals surface area contributed by atoms with Crippen molar-refractivity contribution in [2.24, 2.45) is 5.92 Å². The zero-order valence-corrected chi connectivity index (χ0v) is 15.8. The van der Waals surface area contributed by atoms with E-state index in [1.165, 1.54) is 6.33 Å². The van der Waals surface area contributed by atoms with E-state index in [9.17, 15) is 9.90 Å². The second-order valence-electron chi connectivity index (χ2n) is 6.61. The van der Waals surface area contributed by atoms with E-state index in [1.54, 1.807) is 17.7 Å². The molecule has 7 heteroatoms. The van der Waals surface area contributed by atoms with Crippen LogP contribution in [0.15, 0.2) is 54.5 Å². The highest BCUT2D eigenvalue weighted by Gasteiger charge is 2.42. The molecule has 2 heterocycles. The van der Waals surface area contributed by atoms with E-state index >= 15 is 0 Å². The highest BCUT2D eigenvalue weighted by molar-refractivity contribution is 5.90. The molecular weight excluding hydrogens is 356 g/mol. The number of nitrogens with zero attached hydrogens (tertiary/aromatic N) is 3. The normalized spacial score (nSPS) is 20.0. The first-order valence-electron chi connectivity index (χ1n) is 9.39. The van der Waals surface area contributed by atoms with E-state index in [2.05, 4.69) is 15.4 Å². The molecule has 2 atom stereocenters. The van der Waals surface area contributed by atoms with E-state index in [-0.39, 0.29) is 18.3 Å². The highest BCUT2D eigenvalue weighted by Crippen LogP contribution is 2.44. The quantitative estimate of drug-likeness (QED) is 0.674. The Morgan fingerprint density at radius 2 is 2.11 bits per heavy atom. The lowest BCUT2D eigenvalue weighted by molar-refractivity contribution is -0.147. The van der Waals surface area contributed by atoms with Gasteiger partial charge in [-0.15, -0.1) is 0 Å². The van der Waals surface area contributed by atoms with Gasteiger partial charge in [-0.25, -0.2) is 4.68 Å². The molecular formula is C21H22N4O3. The summed E-state index contributed by atoms with van der Waals surface area (Å²) in [5.41, 5.74) is 1.34. The summed E-state index contributed by atoms with van der Waals surface area (Å²) in [7, 11) is 0. The lowest BCUT2D eigenvalue weighted by atomic mass is 9.85. The van der Waals surface area contributed by atoms with Gasteiger partial charge in [0, 0.05) is 11.3 Å². The number of carbonyl (C=O) groups is 1. The molecule has 0 bridgehead atoms. The molecule has 7 nitrogen and oxygen atoms in total. The van der Waals surface area contributed by atoms with Crippen LogP contribution in [0.3, 0.4) is 0 Å². The number of ether oxygens (including phenoxy) is 1. The molecule has 0 unspecified atom stereocenters. The van der Waals surface area contributed by atoms with Gasteiger partial charge in [-0.2, -0.15) is 10.1 Å². The number of fused-ring (bicyclic) bond motifs is 2. The van der Waals surface area contributed by atoms with Crippen molar-refractivity contribution in [3.63, 3.8) is 0 Å². The van der Waals surface area contributed by atoms with Crippen molar-refractivity contribution in [1.82, 2.24) is 14.8 Å². The molecule has 0 spiro atoms. The minimum Gasteiger partial charge on any atom is -0.508 e. The van der Waals surface area contributed by atoms with Gasteiger partial charge >= 0.3 is 5.97 Å². The molecule has 0 radical (unpaired) electrons. The molecule has 2 N–H and O–H groups in total. The molecule has 0 saturated carbocycles. The summed E-state index contributed by atoms with van der Waals surface area (Å²) in [6, 6.07) is 10.7. The number of hydrogen-bond donors (Lipinski definition) is 2. The number of esters is 1. The number of phenols is 1. The topological polar surface area (TPSA) is 89.3 Å². The van der Waals surface area contributed by atoms with E-state index < -0.39 is 12.0 Å². The number of phenolic OH excluding ortho intramolecular Hbond substituents is 1. The molecule has 0 amide bonds. The van der Waals surface area contributed by atoms with Crippen LogP contribution in [0, 0.1) is 5.92 Å². The number of hydrogen-bond acceptors (Lipinski definition) is 6. The first-order chi connectivity index (χ1) is 13.7. The highest BCUT2D eigenvalue weighted by atomic mass is 16.5. The van der Waals surface area contributed by atoms with Gasteiger partial charge in [0.2, 0.25) is 5.95 Å². The Bertz CT molecular complexity index is 1060. The molecule has 0 saturated heterocycles. The lowest BCUT2D eigenvalue weighted by Crippen LogP contribution is -2.38. The van der Waals surface area contributed by atoms with Crippen molar-refractivity contribution >= 4 is 22.7 Å². The number of allylic oxidation sites excluding steroid dienone is 1. The van der Waals surface area contributed by atoms with Crippen molar-refractivity contribution in [3.05, 3.63) is 60.1 Å². The van der Waals surface area contributed by atoms with Crippen molar-refractivity contribution in [3.8, 4) is 5.75 Å². The number of aromatic hydroxyl groups is 1. The first kappa shape index (κ1) is 18.0. The van der Waals surface area contributed by atoms with Crippen LogP contribution in [0.25, 0.3) is 10.8 Å². The van der Waals surface area contributed by atoms with Crippen molar-refractivity contribution in [2.45, 2.75) is 26.3 Å². The molecule has 0 fully saturated rings. The Hall–Kier alpha value is -3.35. The summed E-state index contributed by atoms with van der Waals surface area (Å²) >= 11 is 0. The molecule has 3 aromatic rings. The molecule has 1 aliphatic heterocycles. The number of anilines is 1. The third kappa shape index (κ3) is 2.89. The molecule has 0 aliphatic carbocycles. The van der Waals surface area contributed by atoms with Crippen LogP contribution in [0.2, 0.25) is 0 Å². The van der Waals surface area contributed by atoms with Crippen LogP contribution in [0.5, 0.6) is 5.75 Å². The van der Waals surface area contributed by atoms with E-state index in [0.717, 1.165) is 17.2 Å². The number of benzene rings is 2. The first-order valence-corrected chi connectivity index (χ1v) is 9.39. The summed E-state index contributed by atoms with van der Waals surface area (Å²) in [6.45, 7) is 4.05. The SMILES string of the molecule is CC/C=C1\Nc2ncnn2[C@H](c2c(O)ccc3ccccc23)[C@H]1C(=O)OCC. The minimum absolute atomic E-state index is 0.109. The van der Waals surface area contributed by atoms with E-state index in [4.69, 9.17) is 4.74 Å². The zero-order chi connectivity index (χ0) is 19.7. The molecule has 2 aromatic carbocycles. The van der Waals surface area contributed by atoms with Crippen molar-refractivity contribution in [1.29, 1.82) is 0 Å². The summed E-state index contributed by atoms with van der Waals surface area (Å²) < 4.78 is 7.04. The van der Waals surface area contributed by atoms with Gasteiger partial charge in [-0.3, -0.25) is 4.79 Å². The summed E-state index contributed by atoms with van der Waals surface area (Å²) in [4.78, 5) is 17.3. The smallest absolute Gasteiger partial charge is 0.317 e. The zero-order valence-electron chi connectivity index (χ0n) is 15.8. The maximum Gasteiger partial charge on any atom is 0.317 e. The van der Waals surface area contributed by atoms with Gasteiger partial charge in [0.05, 0.1) is 6.61 Å². The molecule has 1 aliphatic rings. The molecule has 1 aromatic heterocycles. The van der Waals surface area contributed by atoms with Crippen LogP contribution in [-0.2, 0) is 9.53 Å². The fraction of sp³-hybridized carbons (Fsp3) is 0.286. The Morgan fingerprint density at radius 1 is 1.29 bits per heavy atom. The van der Waals surface area contributed by atoms with Crippen LogP contribution in [0.1, 0.15) is 31.9 Å². The third-order valence-corrected chi connectivity index (χ3v) is 4.95. The lowest BCUT2D eigenvalue weighted by Gasteiger charge is -2.34. The maximum atomic E-state index is 13.0. The maximum absolute atomic E-state index is 13.0. The Labute approximate surface area is 162 Å². The number of nitrogens with one attached hydrogen (secondary N) is 1. The van der Waals surface area contributed by atoms with Gasteiger partial charge in [-0.1, -0.05) is 43.3 Å². The Morgan fingerprint density at radius 3 is 2.89 bits per heavy atom. The van der Waals surface area contributed by atoms with Gasteiger partial charge in [0.1, 0.15) is 24.0 Å². The van der Waals surface area contributed by atoms with E-state index in [1.807, 2.05) is 43.3 Å². The standard InChI is InChI=1S/C21H22N4O3/c1-3-7-15-18(20(27)28-4-2)19(25-21(24-15)22-12-23-25)17-14-9-6-5-8-13(14)10-11-16(17)26/h5-12,18-19,26H,3-4H2,1-2H3,(H,22,23,24)/b15-7-/t18-,19+/m0/s1. The van der Waals surface area contributed by atoms with Crippen LogP contribution in [-0.4, -0.2) is 32.4 Å². The van der Waals surface area contributed by atoms with Gasteiger partial charge in [-0.05, 0) is 30.2 Å². The molecule has 4 rings (SSSR count). The van der Waals surface area contributed by atoms with Gasteiger partial charge in [0.15, 0.2) is 0 Å². The average Bonchev–Trinajstić information content (AvgIpc) is 3.16. The molecule has 28 heavy (non-hydrogen) atoms. The van der Waals surface area contributed by atoms with Crippen LogP contribution in [0.4, 0.5) is 5.95 Å². The van der Waals surface area contributed by atoms with Gasteiger partial charge in [0.25, 0.3) is 0 Å². The third-order valence-electron chi connectivity index (χ3n) is 4.95. The minimum atomic E-state index is -0.675. The number of aromatic nitrogens is 3. The average molecular weight is 378 g/mol. The predicted octanol–water partition coefficient (Wildman–Crippen LogP) is 3.63. The summed E-state index contributed by atoms with van der Waals surface area (Å²) in [5.74, 6) is -0.409. The van der Waals surface area contributed by atoms with Crippen LogP contribution < -0.4 is 5.32 Å². The monoisotopic (exact) mass is 378 g/mol. The second-order valence-corrected chi connectivity index (χ2v) is 6.61. The fourth-order valence-electron chi connectivity index (χ4n) is 3.83. The van der Waals surface area contributed by atoms with E-state index in [0.29, 0.717) is 17.2 Å². The summed E-state index contributed by atoms with van der Waals surface area (Å²) in [6.07, 6.45) is 4.13. The number of carbonyl (C=O) groups excluding carboxylic acids is 1. The fourth-order valence-corrected chi connectivity index (χ4v) is 3.83.